The Morgan fingerprint density at radius 3 is 2.60 bits per heavy atom. The Morgan fingerprint density at radius 2 is 1.93 bits per heavy atom. The fourth-order valence-electron chi connectivity index (χ4n) is 5.35. The summed E-state index contributed by atoms with van der Waals surface area (Å²) in [6.45, 7) is 6.53. The van der Waals surface area contributed by atoms with E-state index in [-0.39, 0.29) is 29.8 Å². The maximum Gasteiger partial charge on any atom is 0.387 e. The van der Waals surface area contributed by atoms with Crippen LogP contribution in [-0.4, -0.2) is 62.4 Å². The molecule has 5 rings (SSSR count). The van der Waals surface area contributed by atoms with Gasteiger partial charge in [-0.25, -0.2) is 9.97 Å². The third kappa shape index (κ3) is 5.15. The number of carbonyl (C=O) groups is 1. The van der Waals surface area contributed by atoms with Crippen LogP contribution in [0.4, 0.5) is 14.7 Å². The third-order valence-corrected chi connectivity index (χ3v) is 7.52. The Balaban J connectivity index is 1.50. The smallest absolute Gasteiger partial charge is 0.387 e. The number of aromatic nitrogens is 4. The zero-order chi connectivity index (χ0) is 28.7. The molecular weight excluding hydrogens is 518 g/mol. The highest BCUT2D eigenvalue weighted by atomic mass is 19.3. The van der Waals surface area contributed by atoms with Gasteiger partial charge in [-0.3, -0.25) is 19.0 Å². The minimum atomic E-state index is -2.95. The third-order valence-electron chi connectivity index (χ3n) is 7.52. The van der Waals surface area contributed by atoms with Crippen LogP contribution in [0.15, 0.2) is 47.4 Å². The van der Waals surface area contributed by atoms with E-state index in [0.29, 0.717) is 42.0 Å². The van der Waals surface area contributed by atoms with Crippen molar-refractivity contribution in [1.82, 2.24) is 24.2 Å². The molecule has 4 aromatic rings. The van der Waals surface area contributed by atoms with E-state index in [2.05, 4.69) is 16.8 Å². The number of piperazine rings is 1. The lowest BCUT2D eigenvalue weighted by molar-refractivity contribution is -0.129. The number of nitrogens with zero attached hydrogens (tertiary/aromatic N) is 6. The van der Waals surface area contributed by atoms with Crippen molar-refractivity contribution in [2.45, 2.75) is 46.9 Å². The predicted octanol–water partition coefficient (Wildman–Crippen LogP) is 4.12. The fraction of sp³-hybridized carbons (Fsp3) is 0.379. The summed E-state index contributed by atoms with van der Waals surface area (Å²) in [6.07, 6.45) is 1.78. The van der Waals surface area contributed by atoms with E-state index in [4.69, 9.17) is 9.72 Å². The first-order chi connectivity index (χ1) is 19.0. The van der Waals surface area contributed by atoms with Crippen molar-refractivity contribution in [2.75, 3.05) is 24.5 Å². The lowest BCUT2D eigenvalue weighted by Gasteiger charge is -2.39. The van der Waals surface area contributed by atoms with Crippen LogP contribution in [0, 0.1) is 13.8 Å². The molecule has 40 heavy (non-hydrogen) atoms. The summed E-state index contributed by atoms with van der Waals surface area (Å²) in [5, 5.41) is 0.516. The second-order valence-corrected chi connectivity index (χ2v) is 10.3. The number of hydrogen-bond donors (Lipinski definition) is 0. The van der Waals surface area contributed by atoms with Gasteiger partial charge in [-0.1, -0.05) is 23.8 Å². The van der Waals surface area contributed by atoms with Crippen molar-refractivity contribution in [3.05, 3.63) is 69.8 Å². The summed E-state index contributed by atoms with van der Waals surface area (Å²) in [7, 11) is 1.65. The molecule has 0 unspecified atom stereocenters. The highest BCUT2D eigenvalue weighted by Gasteiger charge is 2.27. The van der Waals surface area contributed by atoms with Gasteiger partial charge < -0.3 is 14.5 Å². The molecule has 1 saturated heterocycles. The largest absolute Gasteiger partial charge is 0.434 e. The summed E-state index contributed by atoms with van der Waals surface area (Å²) >= 11 is 0. The molecule has 1 amide bonds. The van der Waals surface area contributed by atoms with Crippen LogP contribution in [0.25, 0.3) is 22.0 Å². The maximum atomic E-state index is 13.1. The van der Waals surface area contributed by atoms with E-state index in [9.17, 15) is 18.4 Å². The number of amides is 1. The second-order valence-electron chi connectivity index (χ2n) is 10.3. The highest BCUT2D eigenvalue weighted by Crippen LogP contribution is 2.29. The number of anilines is 1. The predicted molar refractivity (Wildman–Crippen MR) is 149 cm³/mol. The van der Waals surface area contributed by atoms with E-state index in [1.165, 1.54) is 10.7 Å². The van der Waals surface area contributed by atoms with E-state index < -0.39 is 6.61 Å². The maximum absolute atomic E-state index is 13.1. The summed E-state index contributed by atoms with van der Waals surface area (Å²) in [4.78, 5) is 38.2. The number of ether oxygens (including phenoxy) is 1. The zero-order valence-corrected chi connectivity index (χ0v) is 23.2. The average molecular weight is 551 g/mol. The van der Waals surface area contributed by atoms with Crippen molar-refractivity contribution >= 4 is 22.8 Å². The number of halogens is 2. The Hall–Kier alpha value is -4.28. The van der Waals surface area contributed by atoms with Crippen LogP contribution >= 0.6 is 0 Å². The van der Waals surface area contributed by atoms with Gasteiger partial charge in [-0.05, 0) is 44.5 Å². The van der Waals surface area contributed by atoms with Crippen LogP contribution in [0.3, 0.4) is 0 Å². The molecule has 11 heteroatoms. The average Bonchev–Trinajstić information content (AvgIpc) is 3.14. The minimum Gasteiger partial charge on any atom is -0.434 e. The van der Waals surface area contributed by atoms with Crippen LogP contribution < -0.4 is 15.2 Å². The molecule has 9 nitrogen and oxygen atoms in total. The van der Waals surface area contributed by atoms with Crippen molar-refractivity contribution in [1.29, 1.82) is 0 Å². The van der Waals surface area contributed by atoms with Gasteiger partial charge >= 0.3 is 6.61 Å². The highest BCUT2D eigenvalue weighted by molar-refractivity contribution is 5.85. The van der Waals surface area contributed by atoms with Gasteiger partial charge in [0.15, 0.2) is 0 Å². The number of benzene rings is 2. The Labute approximate surface area is 230 Å². The number of aryl methyl sites for hydroxylation is 2. The molecule has 2 aromatic carbocycles. The first-order valence-corrected chi connectivity index (χ1v) is 13.1. The van der Waals surface area contributed by atoms with Crippen LogP contribution in [0.1, 0.15) is 30.7 Å². The summed E-state index contributed by atoms with van der Waals surface area (Å²) in [6, 6.07) is 10.6. The molecule has 0 aliphatic carbocycles. The van der Waals surface area contributed by atoms with Crippen molar-refractivity contribution in [3.63, 3.8) is 0 Å². The number of alkyl halides is 2. The standard InChI is InChI=1S/C29H32F2N6O3/c1-17-6-9-26(40-28(30)31)22(12-17)16-37-25-13-21(7-8-23(25)27(39)34(37)5)24-14-32-29(33-19(24)3)36-11-10-35(20(4)38)15-18(36)2/h6-9,12-14,18,28H,10-11,15-16H2,1-5H3/t18-/m1/s1. The van der Waals surface area contributed by atoms with Gasteiger partial charge in [-0.15, -0.1) is 0 Å². The van der Waals surface area contributed by atoms with E-state index in [1.54, 1.807) is 43.0 Å². The molecule has 0 N–H and O–H groups in total. The molecule has 0 spiro atoms. The molecule has 0 saturated carbocycles. The molecular formula is C29H32F2N6O3. The molecule has 1 atom stereocenters. The molecule has 0 bridgehead atoms. The fourth-order valence-corrected chi connectivity index (χ4v) is 5.35. The van der Waals surface area contributed by atoms with Gasteiger partial charge in [0.05, 0.1) is 23.1 Å². The number of rotatable bonds is 6. The van der Waals surface area contributed by atoms with Gasteiger partial charge in [0, 0.05) is 57.0 Å². The normalized spacial score (nSPS) is 15.8. The molecule has 210 valence electrons. The van der Waals surface area contributed by atoms with Crippen molar-refractivity contribution in [3.8, 4) is 16.9 Å². The van der Waals surface area contributed by atoms with Crippen molar-refractivity contribution < 1.29 is 18.3 Å². The number of hydrogen-bond acceptors (Lipinski definition) is 6. The van der Waals surface area contributed by atoms with Gasteiger partial charge in [0.25, 0.3) is 5.56 Å². The van der Waals surface area contributed by atoms with Crippen LogP contribution in [0.5, 0.6) is 5.75 Å². The zero-order valence-electron chi connectivity index (χ0n) is 23.2. The minimum absolute atomic E-state index is 0.0638. The van der Waals surface area contributed by atoms with Gasteiger partial charge in [0.1, 0.15) is 5.75 Å². The first kappa shape index (κ1) is 27.3. The Kier molecular flexibility index (Phi) is 7.31. The van der Waals surface area contributed by atoms with Crippen molar-refractivity contribution in [2.24, 2.45) is 7.05 Å². The summed E-state index contributed by atoms with van der Waals surface area (Å²) in [5.74, 6) is 0.749. The molecule has 1 fully saturated rings. The topological polar surface area (TPSA) is 85.5 Å². The molecule has 1 aliphatic heterocycles. The first-order valence-electron chi connectivity index (χ1n) is 13.1. The number of carbonyl (C=O) groups excluding carboxylic acids is 1. The lowest BCUT2D eigenvalue weighted by atomic mass is 10.0. The molecule has 1 aliphatic rings. The second kappa shape index (κ2) is 10.7. The van der Waals surface area contributed by atoms with E-state index >= 15 is 0 Å². The Morgan fingerprint density at radius 1 is 1.15 bits per heavy atom. The quantitative estimate of drug-likeness (QED) is 0.359. The molecule has 2 aromatic heterocycles. The van der Waals surface area contributed by atoms with E-state index in [0.717, 1.165) is 22.4 Å². The van der Waals surface area contributed by atoms with Crippen LogP contribution in [-0.2, 0) is 18.4 Å². The van der Waals surface area contributed by atoms with Gasteiger partial charge in [-0.2, -0.15) is 8.78 Å². The van der Waals surface area contributed by atoms with Gasteiger partial charge in [0.2, 0.25) is 11.9 Å². The Bertz CT molecular complexity index is 1650. The SMILES string of the molecule is CC(=O)N1CCN(c2ncc(-c3ccc4c(=O)n(C)n(Cc5cc(C)ccc5OC(F)F)c4c3)c(C)n2)[C@H](C)C1. The summed E-state index contributed by atoms with van der Waals surface area (Å²) < 4.78 is 34.1. The monoisotopic (exact) mass is 550 g/mol. The molecule has 0 radical (unpaired) electrons. The lowest BCUT2D eigenvalue weighted by Crippen LogP contribution is -2.53. The molecule has 3 heterocycles. The van der Waals surface area contributed by atoms with Crippen LogP contribution in [0.2, 0.25) is 0 Å². The van der Waals surface area contributed by atoms with E-state index in [1.807, 2.05) is 30.9 Å². The number of fused-ring (bicyclic) bond motifs is 1. The summed E-state index contributed by atoms with van der Waals surface area (Å²) in [5.41, 5.74) is 4.34.